The smallest absolute Gasteiger partial charge is 0.257 e. The molecule has 0 fully saturated rings. The monoisotopic (exact) mass is 335 g/mol. The van der Waals surface area contributed by atoms with Crippen LogP contribution in [0, 0.1) is 5.92 Å². The standard InChI is InChI=1S/C15H17N3O4S/c1-9(2)14(19)16-13-10(3)15(20)18(17-13)11-5-7-12(8-6-11)23(4,21)22/h5-8,10H,1H2,2-4H3,(H,16,17,19). The number of anilines is 1. The van der Waals surface area contributed by atoms with Gasteiger partial charge in [0.1, 0.15) is 5.84 Å². The Hall–Kier alpha value is -2.48. The molecular formula is C15H17N3O4S. The summed E-state index contributed by atoms with van der Waals surface area (Å²) in [5.74, 6) is -1.09. The van der Waals surface area contributed by atoms with Crippen LogP contribution in [0.25, 0.3) is 0 Å². The number of hydrazone groups is 1. The van der Waals surface area contributed by atoms with Crippen molar-refractivity contribution in [1.29, 1.82) is 0 Å². The van der Waals surface area contributed by atoms with Gasteiger partial charge in [0.2, 0.25) is 0 Å². The molecule has 0 aliphatic carbocycles. The average Bonchev–Trinajstić information content (AvgIpc) is 2.75. The largest absolute Gasteiger partial charge is 0.308 e. The Balaban J connectivity index is 2.29. The molecule has 1 unspecified atom stereocenters. The zero-order valence-electron chi connectivity index (χ0n) is 13.0. The second-order valence-electron chi connectivity index (χ2n) is 5.36. The number of hydrogen-bond donors (Lipinski definition) is 1. The van der Waals surface area contributed by atoms with Gasteiger partial charge in [0, 0.05) is 11.8 Å². The van der Waals surface area contributed by atoms with E-state index >= 15 is 0 Å². The first-order valence-electron chi connectivity index (χ1n) is 6.80. The first-order chi connectivity index (χ1) is 10.6. The Morgan fingerprint density at radius 2 is 1.87 bits per heavy atom. The van der Waals surface area contributed by atoms with Crippen LogP contribution < -0.4 is 10.3 Å². The summed E-state index contributed by atoms with van der Waals surface area (Å²) in [6.45, 7) is 6.71. The second kappa shape index (κ2) is 5.96. The molecule has 122 valence electrons. The summed E-state index contributed by atoms with van der Waals surface area (Å²) in [6.07, 6.45) is 1.11. The molecule has 7 nitrogen and oxygen atoms in total. The maximum atomic E-state index is 12.3. The van der Waals surface area contributed by atoms with Gasteiger partial charge in [-0.2, -0.15) is 10.1 Å². The van der Waals surface area contributed by atoms with E-state index in [1.54, 1.807) is 13.8 Å². The molecule has 2 amide bonds. The molecule has 1 heterocycles. The van der Waals surface area contributed by atoms with Crippen LogP contribution in [0.2, 0.25) is 0 Å². The van der Waals surface area contributed by atoms with Crippen molar-refractivity contribution in [2.45, 2.75) is 18.7 Å². The van der Waals surface area contributed by atoms with E-state index in [0.29, 0.717) is 11.3 Å². The number of amidine groups is 1. The van der Waals surface area contributed by atoms with Crippen LogP contribution in [0.5, 0.6) is 0 Å². The molecular weight excluding hydrogens is 318 g/mol. The highest BCUT2D eigenvalue weighted by Crippen LogP contribution is 2.24. The summed E-state index contributed by atoms with van der Waals surface area (Å²) in [6, 6.07) is 5.80. The zero-order chi connectivity index (χ0) is 17.4. The topological polar surface area (TPSA) is 95.9 Å². The van der Waals surface area contributed by atoms with Gasteiger partial charge in [0.05, 0.1) is 16.5 Å². The number of benzene rings is 1. The first-order valence-corrected chi connectivity index (χ1v) is 8.70. The summed E-state index contributed by atoms with van der Waals surface area (Å²) < 4.78 is 22.9. The molecule has 0 bridgehead atoms. The highest BCUT2D eigenvalue weighted by Gasteiger charge is 2.34. The van der Waals surface area contributed by atoms with E-state index in [4.69, 9.17) is 0 Å². The van der Waals surface area contributed by atoms with Gasteiger partial charge in [-0.15, -0.1) is 0 Å². The van der Waals surface area contributed by atoms with Crippen molar-refractivity contribution in [2.75, 3.05) is 11.3 Å². The van der Waals surface area contributed by atoms with Crippen molar-refractivity contribution in [3.8, 4) is 0 Å². The first kappa shape index (κ1) is 16.9. The van der Waals surface area contributed by atoms with Gasteiger partial charge in [-0.1, -0.05) is 6.58 Å². The summed E-state index contributed by atoms with van der Waals surface area (Å²) >= 11 is 0. The number of carbonyl (C=O) groups excluding carboxylic acids is 2. The molecule has 0 saturated carbocycles. The van der Waals surface area contributed by atoms with Crippen LogP contribution in [-0.2, 0) is 19.4 Å². The van der Waals surface area contributed by atoms with Crippen molar-refractivity contribution in [3.63, 3.8) is 0 Å². The lowest BCUT2D eigenvalue weighted by Crippen LogP contribution is -2.35. The van der Waals surface area contributed by atoms with Crippen LogP contribution in [-0.4, -0.2) is 32.3 Å². The maximum absolute atomic E-state index is 12.3. The number of amides is 2. The molecule has 2 rings (SSSR count). The van der Waals surface area contributed by atoms with Crippen molar-refractivity contribution < 1.29 is 18.0 Å². The van der Waals surface area contributed by atoms with Gasteiger partial charge in [-0.05, 0) is 38.1 Å². The Labute approximate surface area is 134 Å². The molecule has 0 saturated heterocycles. The minimum absolute atomic E-state index is 0.153. The fourth-order valence-electron chi connectivity index (χ4n) is 1.92. The number of nitrogens with one attached hydrogen (secondary N) is 1. The lowest BCUT2D eigenvalue weighted by atomic mass is 10.1. The van der Waals surface area contributed by atoms with Gasteiger partial charge in [-0.3, -0.25) is 9.59 Å². The molecule has 1 N–H and O–H groups in total. The van der Waals surface area contributed by atoms with E-state index in [-0.39, 0.29) is 16.6 Å². The van der Waals surface area contributed by atoms with Gasteiger partial charge in [-0.25, -0.2) is 8.42 Å². The molecule has 1 atom stereocenters. The Morgan fingerprint density at radius 3 is 2.35 bits per heavy atom. The Morgan fingerprint density at radius 1 is 1.30 bits per heavy atom. The minimum atomic E-state index is -3.31. The van der Waals surface area contributed by atoms with Gasteiger partial charge in [0.15, 0.2) is 9.84 Å². The third-order valence-corrected chi connectivity index (χ3v) is 4.46. The minimum Gasteiger partial charge on any atom is -0.308 e. The molecule has 1 aliphatic rings. The van der Waals surface area contributed by atoms with Crippen LogP contribution in [0.1, 0.15) is 13.8 Å². The molecule has 1 aliphatic heterocycles. The van der Waals surface area contributed by atoms with E-state index in [1.165, 1.54) is 24.3 Å². The summed E-state index contributed by atoms with van der Waals surface area (Å²) in [4.78, 5) is 24.1. The van der Waals surface area contributed by atoms with E-state index in [9.17, 15) is 18.0 Å². The molecule has 1 aromatic carbocycles. The predicted octanol–water partition coefficient (Wildman–Crippen LogP) is 1.08. The molecule has 8 heteroatoms. The van der Waals surface area contributed by atoms with Gasteiger partial charge < -0.3 is 5.32 Å². The van der Waals surface area contributed by atoms with Gasteiger partial charge in [0.25, 0.3) is 11.8 Å². The lowest BCUT2D eigenvalue weighted by molar-refractivity contribution is -0.119. The molecule has 0 spiro atoms. The molecule has 23 heavy (non-hydrogen) atoms. The number of nitrogens with zero attached hydrogens (tertiary/aromatic N) is 2. The number of hydrogen-bond acceptors (Lipinski definition) is 5. The third kappa shape index (κ3) is 3.48. The maximum Gasteiger partial charge on any atom is 0.257 e. The zero-order valence-corrected chi connectivity index (χ0v) is 13.8. The number of sulfone groups is 1. The third-order valence-electron chi connectivity index (χ3n) is 3.34. The van der Waals surface area contributed by atoms with Crippen LogP contribution in [0.3, 0.4) is 0 Å². The van der Waals surface area contributed by atoms with E-state index in [1.807, 2.05) is 0 Å². The molecule has 0 aromatic heterocycles. The van der Waals surface area contributed by atoms with E-state index < -0.39 is 21.7 Å². The number of carbonyl (C=O) groups is 2. The van der Waals surface area contributed by atoms with Crippen LogP contribution in [0.4, 0.5) is 5.69 Å². The Bertz CT molecular complexity index is 810. The van der Waals surface area contributed by atoms with Gasteiger partial charge >= 0.3 is 0 Å². The molecule has 0 radical (unpaired) electrons. The highest BCUT2D eigenvalue weighted by atomic mass is 32.2. The van der Waals surface area contributed by atoms with E-state index in [0.717, 1.165) is 11.3 Å². The van der Waals surface area contributed by atoms with Crippen molar-refractivity contribution in [1.82, 2.24) is 5.32 Å². The number of rotatable bonds is 3. The van der Waals surface area contributed by atoms with Crippen LogP contribution in [0.15, 0.2) is 46.4 Å². The summed E-state index contributed by atoms with van der Waals surface area (Å²) in [7, 11) is -3.31. The quantitative estimate of drug-likeness (QED) is 0.836. The average molecular weight is 335 g/mol. The van der Waals surface area contributed by atoms with E-state index in [2.05, 4.69) is 17.0 Å². The van der Waals surface area contributed by atoms with Crippen molar-refractivity contribution >= 4 is 33.2 Å². The Kier molecular flexibility index (Phi) is 4.37. The summed E-state index contributed by atoms with van der Waals surface area (Å²) in [5, 5.41) is 7.80. The fourth-order valence-corrected chi connectivity index (χ4v) is 2.55. The summed E-state index contributed by atoms with van der Waals surface area (Å²) in [5.41, 5.74) is 0.733. The fraction of sp³-hybridized carbons (Fsp3) is 0.267. The van der Waals surface area contributed by atoms with Crippen molar-refractivity contribution in [2.24, 2.45) is 11.0 Å². The lowest BCUT2D eigenvalue weighted by Gasteiger charge is -2.12. The second-order valence-corrected chi connectivity index (χ2v) is 7.37. The predicted molar refractivity (Wildman–Crippen MR) is 86.6 cm³/mol. The van der Waals surface area contributed by atoms with Crippen molar-refractivity contribution in [3.05, 3.63) is 36.4 Å². The SMILES string of the molecule is C=C(C)C(=O)NC1=NN(c2ccc(S(C)(=O)=O)cc2)C(=O)C1C. The molecule has 1 aromatic rings. The highest BCUT2D eigenvalue weighted by molar-refractivity contribution is 7.90. The van der Waals surface area contributed by atoms with Crippen LogP contribution >= 0.6 is 0 Å². The normalized spacial score (nSPS) is 17.9.